The van der Waals surface area contributed by atoms with Gasteiger partial charge in [0.15, 0.2) is 0 Å². The standard InChI is InChI=1S/C19H18N.C11H20O2.Ir/c1-19(2,3)16-10-8-15(9-11-16)18-17-7-5-4-6-14(17)12-13-20-18;1-10(2,3)8(12)7-9(13)11(4,5)6;/h4-8,10-13H,1-3H3;7H2,1-6H3;/q-1;;. The number of pyridine rings is 1. The molecule has 0 aliphatic rings. The summed E-state index contributed by atoms with van der Waals surface area (Å²) in [4.78, 5) is 27.5. The Labute approximate surface area is 219 Å². The van der Waals surface area contributed by atoms with Crippen LogP contribution in [0.25, 0.3) is 22.0 Å². The van der Waals surface area contributed by atoms with Gasteiger partial charge in [0.05, 0.1) is 6.42 Å². The molecule has 185 valence electrons. The molecule has 1 radical (unpaired) electrons. The quantitative estimate of drug-likeness (QED) is 0.220. The van der Waals surface area contributed by atoms with Gasteiger partial charge in [0.25, 0.3) is 0 Å². The Morgan fingerprint density at radius 2 is 1.35 bits per heavy atom. The van der Waals surface area contributed by atoms with E-state index in [0.29, 0.717) is 0 Å². The van der Waals surface area contributed by atoms with Gasteiger partial charge in [-0.05, 0) is 27.9 Å². The van der Waals surface area contributed by atoms with Crippen LogP contribution in [0.15, 0.2) is 54.7 Å². The van der Waals surface area contributed by atoms with Gasteiger partial charge in [-0.1, -0.05) is 86.6 Å². The van der Waals surface area contributed by atoms with Crippen molar-refractivity contribution in [2.45, 2.75) is 74.1 Å². The summed E-state index contributed by atoms with van der Waals surface area (Å²) in [6, 6.07) is 20.1. The van der Waals surface area contributed by atoms with E-state index in [-0.39, 0.29) is 43.5 Å². The number of Topliss-reactive ketones (excluding diaryl/α,β-unsaturated/α-hetero) is 2. The molecule has 3 rings (SSSR count). The van der Waals surface area contributed by atoms with E-state index in [9.17, 15) is 9.59 Å². The number of carbonyl (C=O) groups excluding carboxylic acids is 2. The number of rotatable bonds is 3. The third kappa shape index (κ3) is 8.25. The Kier molecular flexibility index (Phi) is 10.1. The van der Waals surface area contributed by atoms with Crippen LogP contribution >= 0.6 is 0 Å². The number of benzene rings is 2. The molecule has 0 bridgehead atoms. The van der Waals surface area contributed by atoms with Crippen molar-refractivity contribution in [2.24, 2.45) is 10.8 Å². The number of aromatic nitrogens is 1. The molecule has 1 aromatic heterocycles. The van der Waals surface area contributed by atoms with Gasteiger partial charge >= 0.3 is 0 Å². The number of ketones is 2. The zero-order valence-corrected chi connectivity index (χ0v) is 24.4. The molecule has 0 atom stereocenters. The SMILES string of the molecule is CC(C)(C)C(=O)CC(=O)C(C)(C)C.CC(C)(C)c1c[c-]c(-c2nccc3ccccc23)cc1.[Ir]. The summed E-state index contributed by atoms with van der Waals surface area (Å²) >= 11 is 0. The van der Waals surface area contributed by atoms with Crippen molar-refractivity contribution >= 4 is 22.3 Å². The monoisotopic (exact) mass is 637 g/mol. The minimum Gasteiger partial charge on any atom is -0.304 e. The van der Waals surface area contributed by atoms with Gasteiger partial charge in [0.2, 0.25) is 0 Å². The Morgan fingerprint density at radius 3 is 1.82 bits per heavy atom. The molecule has 0 aliphatic carbocycles. The summed E-state index contributed by atoms with van der Waals surface area (Å²) in [6.07, 6.45) is 1.93. The summed E-state index contributed by atoms with van der Waals surface area (Å²) in [6.45, 7) is 17.7. The molecule has 3 aromatic rings. The van der Waals surface area contributed by atoms with E-state index in [1.54, 1.807) is 0 Å². The van der Waals surface area contributed by atoms with Gasteiger partial charge in [-0.3, -0.25) is 9.59 Å². The van der Waals surface area contributed by atoms with Crippen LogP contribution in [-0.4, -0.2) is 16.6 Å². The zero-order valence-electron chi connectivity index (χ0n) is 22.0. The van der Waals surface area contributed by atoms with Crippen LogP contribution in [0.5, 0.6) is 0 Å². The zero-order chi connectivity index (χ0) is 25.0. The molecule has 3 nitrogen and oxygen atoms in total. The van der Waals surface area contributed by atoms with Crippen molar-refractivity contribution in [3.05, 3.63) is 66.4 Å². The van der Waals surface area contributed by atoms with Gasteiger partial charge in [-0.15, -0.1) is 35.4 Å². The molecule has 0 amide bonds. The fourth-order valence-corrected chi connectivity index (χ4v) is 3.05. The van der Waals surface area contributed by atoms with E-state index in [4.69, 9.17) is 0 Å². The van der Waals surface area contributed by atoms with E-state index in [2.05, 4.69) is 74.3 Å². The number of fused-ring (bicyclic) bond motifs is 1. The van der Waals surface area contributed by atoms with Gasteiger partial charge < -0.3 is 4.98 Å². The van der Waals surface area contributed by atoms with E-state index in [1.165, 1.54) is 16.3 Å². The van der Waals surface area contributed by atoms with Crippen molar-refractivity contribution in [2.75, 3.05) is 0 Å². The molecule has 0 spiro atoms. The second kappa shape index (κ2) is 11.5. The first kappa shape index (κ1) is 29.9. The van der Waals surface area contributed by atoms with Gasteiger partial charge in [-0.2, -0.15) is 0 Å². The fourth-order valence-electron chi connectivity index (χ4n) is 3.05. The molecule has 0 saturated heterocycles. The van der Waals surface area contributed by atoms with Crippen LogP contribution in [0.4, 0.5) is 0 Å². The Hall–Kier alpha value is -2.16. The van der Waals surface area contributed by atoms with Crippen molar-refractivity contribution in [3.8, 4) is 11.3 Å². The summed E-state index contributed by atoms with van der Waals surface area (Å²) in [7, 11) is 0. The minimum atomic E-state index is -0.402. The molecule has 1 heterocycles. The maximum absolute atomic E-state index is 11.5. The van der Waals surface area contributed by atoms with Gasteiger partial charge in [0.1, 0.15) is 11.6 Å². The maximum atomic E-state index is 11.5. The number of carbonyl (C=O) groups is 2. The molecule has 34 heavy (non-hydrogen) atoms. The Morgan fingerprint density at radius 1 is 0.794 bits per heavy atom. The van der Waals surface area contributed by atoms with E-state index >= 15 is 0 Å². The second-order valence-corrected chi connectivity index (χ2v) is 11.6. The van der Waals surface area contributed by atoms with Crippen LogP contribution in [0.1, 0.15) is 74.3 Å². The number of nitrogens with zero attached hydrogens (tertiary/aromatic N) is 1. The first-order valence-electron chi connectivity index (χ1n) is 11.5. The molecular formula is C30H38IrNO2-. The first-order valence-corrected chi connectivity index (χ1v) is 11.5. The fraction of sp³-hybridized carbons (Fsp3) is 0.433. The topological polar surface area (TPSA) is 47.0 Å². The molecule has 0 aliphatic heterocycles. The van der Waals surface area contributed by atoms with Crippen molar-refractivity contribution in [1.82, 2.24) is 4.98 Å². The molecule has 0 N–H and O–H groups in total. The van der Waals surface area contributed by atoms with Gasteiger partial charge in [0, 0.05) is 37.1 Å². The van der Waals surface area contributed by atoms with Crippen LogP contribution < -0.4 is 0 Å². The largest absolute Gasteiger partial charge is 0.304 e. The maximum Gasteiger partial charge on any atom is 0.145 e. The normalized spacial score (nSPS) is 11.8. The Balaban J connectivity index is 0.000000364. The first-order chi connectivity index (χ1) is 15.1. The predicted octanol–water partition coefficient (Wildman–Crippen LogP) is 7.60. The predicted molar refractivity (Wildman–Crippen MR) is 138 cm³/mol. The molecule has 4 heteroatoms. The summed E-state index contributed by atoms with van der Waals surface area (Å²) in [5, 5.41) is 2.39. The molecular weight excluding hydrogens is 599 g/mol. The molecule has 0 unspecified atom stereocenters. The minimum absolute atomic E-state index is 0. The summed E-state index contributed by atoms with van der Waals surface area (Å²) in [5.74, 6) is 0.0415. The van der Waals surface area contributed by atoms with E-state index in [1.807, 2.05) is 53.8 Å². The van der Waals surface area contributed by atoms with Crippen LogP contribution in [-0.2, 0) is 35.1 Å². The van der Waals surface area contributed by atoms with Gasteiger partial charge in [-0.25, -0.2) is 0 Å². The third-order valence-electron chi connectivity index (χ3n) is 5.60. The second-order valence-electron chi connectivity index (χ2n) is 11.6. The van der Waals surface area contributed by atoms with Crippen molar-refractivity contribution in [1.29, 1.82) is 0 Å². The summed E-state index contributed by atoms with van der Waals surface area (Å²) < 4.78 is 0. The average Bonchev–Trinajstić information content (AvgIpc) is 2.72. The van der Waals surface area contributed by atoms with Crippen molar-refractivity contribution in [3.63, 3.8) is 0 Å². The Bertz CT molecular complexity index is 1080. The summed E-state index contributed by atoms with van der Waals surface area (Å²) in [5.41, 5.74) is 2.70. The average molecular weight is 637 g/mol. The number of hydrogen-bond acceptors (Lipinski definition) is 3. The third-order valence-corrected chi connectivity index (χ3v) is 5.60. The molecule has 0 fully saturated rings. The molecule has 0 saturated carbocycles. The smallest absolute Gasteiger partial charge is 0.145 e. The number of hydrogen-bond donors (Lipinski definition) is 0. The van der Waals surface area contributed by atoms with Crippen LogP contribution in [0, 0.1) is 16.9 Å². The van der Waals surface area contributed by atoms with Crippen LogP contribution in [0.2, 0.25) is 0 Å². The van der Waals surface area contributed by atoms with E-state index < -0.39 is 10.8 Å². The van der Waals surface area contributed by atoms with Crippen molar-refractivity contribution < 1.29 is 29.7 Å². The molecule has 2 aromatic carbocycles. The van der Waals surface area contributed by atoms with Crippen LogP contribution in [0.3, 0.4) is 0 Å². The van der Waals surface area contributed by atoms with E-state index in [0.717, 1.165) is 11.3 Å².